The third-order valence-electron chi connectivity index (χ3n) is 11.4. The van der Waals surface area contributed by atoms with E-state index in [0.29, 0.717) is 0 Å². The Morgan fingerprint density at radius 2 is 0.340 bits per heavy atom. The van der Waals surface area contributed by atoms with E-state index in [-0.39, 0.29) is 0 Å². The van der Waals surface area contributed by atoms with Crippen LogP contribution in [0.1, 0.15) is 267 Å². The maximum absolute atomic E-state index is 2.37. The smallest absolute Gasteiger partial charge is 0.0391 e. The second-order valence-electron chi connectivity index (χ2n) is 16.4. The summed E-state index contributed by atoms with van der Waals surface area (Å²) in [7, 11) is 0. The fraction of sp³-hybridized carbons (Fsp3) is 1.00. The average molecular weight is 711 g/mol. The lowest BCUT2D eigenvalue weighted by Crippen LogP contribution is -2.16. The maximum atomic E-state index is 2.37. The first kappa shape index (κ1) is 59.3. The first-order valence-electron chi connectivity index (χ1n) is 24.0. The molecule has 0 aliphatic heterocycles. The predicted octanol–water partition coefficient (Wildman–Crippen LogP) is 19.3. The minimum Gasteiger partial charge on any atom is -0.0683 e. The van der Waals surface area contributed by atoms with Crippen LogP contribution in [-0.4, -0.2) is 0 Å². The normalized spacial score (nSPS) is 18.9. The van der Waals surface area contributed by atoms with E-state index in [1.54, 1.807) is 0 Å². The molecule has 0 saturated heterocycles. The number of hydrogen-bond acceptors (Lipinski definition) is 0. The summed E-state index contributed by atoms with van der Waals surface area (Å²) in [5.74, 6) is 10.1. The molecule has 5 aliphatic carbocycles. The second kappa shape index (κ2) is 45.2. The average Bonchev–Trinajstić information content (AvgIpc) is 3.90. The Balaban J connectivity index is -0.000000159. The Morgan fingerprint density at radius 1 is 0.200 bits per heavy atom. The van der Waals surface area contributed by atoms with E-state index in [4.69, 9.17) is 0 Å². The third kappa shape index (κ3) is 37.7. The van der Waals surface area contributed by atoms with Gasteiger partial charge in [-0.15, -0.1) is 0 Å². The van der Waals surface area contributed by atoms with Crippen LogP contribution in [0.2, 0.25) is 0 Å². The zero-order valence-corrected chi connectivity index (χ0v) is 39.9. The van der Waals surface area contributed by atoms with E-state index in [1.165, 1.54) is 128 Å². The lowest BCUT2D eigenvalue weighted by molar-refractivity contribution is 0.235. The molecule has 0 atom stereocenters. The highest BCUT2D eigenvalue weighted by Gasteiger charge is 2.24. The molecule has 0 nitrogen and oxygen atoms in total. The van der Waals surface area contributed by atoms with E-state index in [9.17, 15) is 0 Å². The summed E-state index contributed by atoms with van der Waals surface area (Å²) in [5, 5.41) is 0. The van der Waals surface area contributed by atoms with Crippen molar-refractivity contribution in [3.05, 3.63) is 0 Å². The molecule has 5 fully saturated rings. The molecule has 0 aromatic rings. The van der Waals surface area contributed by atoms with Gasteiger partial charge in [0.1, 0.15) is 0 Å². The highest BCUT2D eigenvalue weighted by atomic mass is 14.3. The molecule has 5 saturated carbocycles. The largest absolute Gasteiger partial charge is 0.0683 e. The van der Waals surface area contributed by atoms with Gasteiger partial charge in [0, 0.05) is 0 Å². The SMILES string of the molecule is CC.CC.CC.CC.CC.CC(C)C1CC1.CC(C)C1CCC1.CC(C)C1CCCC1.CC(C)C1CCCCC1.CC(C)C1CCCCCC1. The monoisotopic (exact) mass is 711 g/mol. The van der Waals surface area contributed by atoms with Gasteiger partial charge in [0.05, 0.1) is 0 Å². The van der Waals surface area contributed by atoms with Crippen LogP contribution in [0.5, 0.6) is 0 Å². The fourth-order valence-corrected chi connectivity index (χ4v) is 7.27. The number of hydrogen-bond donors (Lipinski definition) is 0. The summed E-state index contributed by atoms with van der Waals surface area (Å²) in [6.07, 6.45) is 29.9. The molecule has 310 valence electrons. The third-order valence-corrected chi connectivity index (χ3v) is 11.4. The fourth-order valence-electron chi connectivity index (χ4n) is 7.27. The summed E-state index contributed by atoms with van der Waals surface area (Å²) in [6.45, 7) is 43.4. The van der Waals surface area contributed by atoms with Crippen molar-refractivity contribution in [2.75, 3.05) is 0 Å². The Kier molecular flexibility index (Phi) is 53.5. The van der Waals surface area contributed by atoms with Gasteiger partial charge in [-0.3, -0.25) is 0 Å². The van der Waals surface area contributed by atoms with Crippen LogP contribution >= 0.6 is 0 Å². The van der Waals surface area contributed by atoms with Crippen molar-refractivity contribution in [3.63, 3.8) is 0 Å². The minimum absolute atomic E-state index is 0.929. The van der Waals surface area contributed by atoms with Crippen molar-refractivity contribution in [1.82, 2.24) is 0 Å². The van der Waals surface area contributed by atoms with Crippen molar-refractivity contribution in [2.24, 2.45) is 59.2 Å². The highest BCUT2D eigenvalue weighted by molar-refractivity contribution is 4.75. The predicted molar refractivity (Wildman–Crippen MR) is 241 cm³/mol. The molecule has 0 heteroatoms. The first-order chi connectivity index (χ1) is 24.0. The van der Waals surface area contributed by atoms with Crippen LogP contribution in [0, 0.1) is 59.2 Å². The lowest BCUT2D eigenvalue weighted by Gasteiger charge is -2.28. The van der Waals surface area contributed by atoms with Gasteiger partial charge in [-0.25, -0.2) is 0 Å². The summed E-state index contributed by atoms with van der Waals surface area (Å²) in [4.78, 5) is 0. The van der Waals surface area contributed by atoms with Crippen molar-refractivity contribution >= 4 is 0 Å². The van der Waals surface area contributed by atoms with Gasteiger partial charge in [-0.2, -0.15) is 0 Å². The van der Waals surface area contributed by atoms with Crippen LogP contribution < -0.4 is 0 Å². The van der Waals surface area contributed by atoms with Gasteiger partial charge in [-0.1, -0.05) is 254 Å². The van der Waals surface area contributed by atoms with Crippen LogP contribution in [0.25, 0.3) is 0 Å². The molecule has 50 heavy (non-hydrogen) atoms. The Bertz CT molecular complexity index is 526. The summed E-state index contributed by atoms with van der Waals surface area (Å²) < 4.78 is 0. The van der Waals surface area contributed by atoms with Crippen LogP contribution in [-0.2, 0) is 0 Å². The van der Waals surface area contributed by atoms with Crippen molar-refractivity contribution < 1.29 is 0 Å². The van der Waals surface area contributed by atoms with E-state index in [0.717, 1.165) is 59.2 Å². The van der Waals surface area contributed by atoms with Crippen molar-refractivity contribution in [2.45, 2.75) is 267 Å². The molecule has 0 spiro atoms. The Labute approximate surface area is 325 Å². The summed E-state index contributed by atoms with van der Waals surface area (Å²) in [5.41, 5.74) is 0. The van der Waals surface area contributed by atoms with Crippen LogP contribution in [0.3, 0.4) is 0 Å². The molecule has 0 radical (unpaired) electrons. The zero-order valence-electron chi connectivity index (χ0n) is 39.9. The molecule has 0 unspecified atom stereocenters. The number of rotatable bonds is 5. The Morgan fingerprint density at radius 3 is 0.460 bits per heavy atom. The van der Waals surface area contributed by atoms with E-state index in [1.807, 2.05) is 69.2 Å². The molecular weight excluding hydrogens is 601 g/mol. The minimum atomic E-state index is 0.929. The summed E-state index contributed by atoms with van der Waals surface area (Å²) >= 11 is 0. The molecule has 0 amide bonds. The molecule has 5 aliphatic rings. The zero-order chi connectivity index (χ0) is 39.9. The lowest BCUT2D eigenvalue weighted by atomic mass is 9.78. The standard InChI is InChI=1S/C10H20.C9H18.C8H16.C7H14.C6H12.5C2H6/c1-9(2)10-7-5-3-4-6-8-10;1-8(2)9-6-4-3-5-7-9;1-7(2)8-5-3-4-6-8;1-6(2)7-4-3-5-7;1-5(2)6-3-4-6;5*1-2/h9-10H,3-8H2,1-2H3;8-9H,3-7H2,1-2H3;7-8H,3-6H2,1-2H3;6-7H,3-5H2,1-2H3;5-6H,3-4H2,1-2H3;5*1-2H3. The van der Waals surface area contributed by atoms with Gasteiger partial charge < -0.3 is 0 Å². The van der Waals surface area contributed by atoms with Gasteiger partial charge >= 0.3 is 0 Å². The van der Waals surface area contributed by atoms with Gasteiger partial charge in [0.15, 0.2) is 0 Å². The maximum Gasteiger partial charge on any atom is -0.0391 e. The molecule has 0 heterocycles. The molecule has 0 bridgehead atoms. The molecule has 0 aromatic carbocycles. The molecule has 5 rings (SSSR count). The summed E-state index contributed by atoms with van der Waals surface area (Å²) in [6, 6.07) is 0. The quantitative estimate of drug-likeness (QED) is 0.249. The van der Waals surface area contributed by atoms with Crippen LogP contribution in [0.15, 0.2) is 0 Å². The van der Waals surface area contributed by atoms with Gasteiger partial charge in [0.25, 0.3) is 0 Å². The van der Waals surface area contributed by atoms with E-state index in [2.05, 4.69) is 69.2 Å². The topological polar surface area (TPSA) is 0 Å². The molecule has 0 N–H and O–H groups in total. The second-order valence-corrected chi connectivity index (χ2v) is 16.4. The highest BCUT2D eigenvalue weighted by Crippen LogP contribution is 2.36. The van der Waals surface area contributed by atoms with Gasteiger partial charge in [-0.05, 0) is 72.0 Å². The molecular formula is C50H110. The van der Waals surface area contributed by atoms with E-state index < -0.39 is 0 Å². The molecule has 0 aromatic heterocycles. The Hall–Kier alpha value is 0. The van der Waals surface area contributed by atoms with Crippen molar-refractivity contribution in [1.29, 1.82) is 0 Å². The van der Waals surface area contributed by atoms with Crippen molar-refractivity contribution in [3.8, 4) is 0 Å². The first-order valence-corrected chi connectivity index (χ1v) is 24.0. The van der Waals surface area contributed by atoms with Crippen LogP contribution in [0.4, 0.5) is 0 Å². The van der Waals surface area contributed by atoms with E-state index >= 15 is 0 Å². The van der Waals surface area contributed by atoms with Gasteiger partial charge in [0.2, 0.25) is 0 Å².